The van der Waals surface area contributed by atoms with E-state index < -0.39 is 11.9 Å². The van der Waals surface area contributed by atoms with Crippen LogP contribution in [0, 0.1) is 11.8 Å². The molecule has 0 saturated heterocycles. The Morgan fingerprint density at radius 3 is 2.33 bits per heavy atom. The van der Waals surface area contributed by atoms with Gasteiger partial charge in [0.15, 0.2) is 0 Å². The molecule has 1 unspecified atom stereocenters. The lowest BCUT2D eigenvalue weighted by Crippen LogP contribution is -2.32. The molecule has 0 aliphatic heterocycles. The van der Waals surface area contributed by atoms with Crippen molar-refractivity contribution in [3.63, 3.8) is 0 Å². The number of ketones is 1. The second-order valence-electron chi connectivity index (χ2n) is 3.28. The van der Waals surface area contributed by atoms with Crippen molar-refractivity contribution in [3.05, 3.63) is 0 Å². The first-order chi connectivity index (χ1) is 5.66. The highest BCUT2D eigenvalue weighted by Gasteiger charge is 2.32. The standard InChI is InChI=1S/C9H14O3/c1-6(9(11)12-2)8(10)7-4-3-5-7/h6-7H,3-5H2,1-2H3. The average Bonchev–Trinajstić information content (AvgIpc) is 1.98. The zero-order valence-corrected chi connectivity index (χ0v) is 7.50. The predicted molar refractivity (Wildman–Crippen MR) is 43.5 cm³/mol. The Bertz CT molecular complexity index is 194. The number of esters is 1. The van der Waals surface area contributed by atoms with Crippen molar-refractivity contribution in [3.8, 4) is 0 Å². The zero-order chi connectivity index (χ0) is 9.14. The molecular formula is C9H14O3. The summed E-state index contributed by atoms with van der Waals surface area (Å²) in [5.74, 6) is -0.806. The van der Waals surface area contributed by atoms with E-state index in [-0.39, 0.29) is 11.7 Å². The normalized spacial score (nSPS) is 19.5. The molecule has 1 aliphatic rings. The number of Topliss-reactive ketones (excluding diaryl/α,β-unsaturated/α-hetero) is 1. The van der Waals surface area contributed by atoms with Gasteiger partial charge in [0.2, 0.25) is 0 Å². The van der Waals surface area contributed by atoms with E-state index in [1.165, 1.54) is 7.11 Å². The molecule has 1 fully saturated rings. The SMILES string of the molecule is COC(=O)C(C)C(=O)C1CCC1. The third-order valence-electron chi connectivity index (χ3n) is 2.49. The summed E-state index contributed by atoms with van der Waals surface area (Å²) < 4.78 is 4.49. The van der Waals surface area contributed by atoms with Crippen LogP contribution >= 0.6 is 0 Å². The lowest BCUT2D eigenvalue weighted by Gasteiger charge is -2.25. The fraction of sp³-hybridized carbons (Fsp3) is 0.778. The average molecular weight is 170 g/mol. The maximum absolute atomic E-state index is 11.4. The number of hydrogen-bond donors (Lipinski definition) is 0. The summed E-state index contributed by atoms with van der Waals surface area (Å²) in [5.41, 5.74) is 0. The van der Waals surface area contributed by atoms with Crippen LogP contribution < -0.4 is 0 Å². The summed E-state index contributed by atoms with van der Waals surface area (Å²) in [4.78, 5) is 22.4. The molecule has 3 nitrogen and oxygen atoms in total. The molecule has 12 heavy (non-hydrogen) atoms. The van der Waals surface area contributed by atoms with Gasteiger partial charge in [-0.2, -0.15) is 0 Å². The Hall–Kier alpha value is -0.860. The Morgan fingerprint density at radius 2 is 2.00 bits per heavy atom. The van der Waals surface area contributed by atoms with Crippen molar-refractivity contribution in [1.29, 1.82) is 0 Å². The predicted octanol–water partition coefficient (Wildman–Crippen LogP) is 1.16. The molecule has 0 radical (unpaired) electrons. The summed E-state index contributed by atoms with van der Waals surface area (Å²) in [6, 6.07) is 0. The molecule has 68 valence electrons. The molecule has 0 aromatic rings. The largest absolute Gasteiger partial charge is 0.468 e. The Kier molecular flexibility index (Phi) is 2.84. The summed E-state index contributed by atoms with van der Waals surface area (Å²) in [5, 5.41) is 0. The van der Waals surface area contributed by atoms with Gasteiger partial charge in [-0.15, -0.1) is 0 Å². The molecule has 0 heterocycles. The van der Waals surface area contributed by atoms with Crippen molar-refractivity contribution < 1.29 is 14.3 Å². The highest BCUT2D eigenvalue weighted by Crippen LogP contribution is 2.29. The minimum absolute atomic E-state index is 0.0492. The van der Waals surface area contributed by atoms with Crippen LogP contribution in [0.5, 0.6) is 0 Å². The van der Waals surface area contributed by atoms with Crippen molar-refractivity contribution in [2.75, 3.05) is 7.11 Å². The van der Waals surface area contributed by atoms with E-state index in [1.807, 2.05) is 0 Å². The zero-order valence-electron chi connectivity index (χ0n) is 7.50. The fourth-order valence-electron chi connectivity index (χ4n) is 1.34. The molecule has 0 aromatic carbocycles. The Balaban J connectivity index is 2.45. The third kappa shape index (κ3) is 1.65. The van der Waals surface area contributed by atoms with Crippen LogP contribution in [0.3, 0.4) is 0 Å². The number of carbonyl (C=O) groups is 2. The molecule has 1 atom stereocenters. The lowest BCUT2D eigenvalue weighted by molar-refractivity contribution is -0.150. The van der Waals surface area contributed by atoms with Crippen LogP contribution in [0.25, 0.3) is 0 Å². The number of methoxy groups -OCH3 is 1. The van der Waals surface area contributed by atoms with Gasteiger partial charge >= 0.3 is 5.97 Å². The van der Waals surface area contributed by atoms with Crippen LogP contribution in [-0.2, 0) is 14.3 Å². The maximum atomic E-state index is 11.4. The van der Waals surface area contributed by atoms with Gasteiger partial charge < -0.3 is 4.74 Å². The number of rotatable bonds is 3. The lowest BCUT2D eigenvalue weighted by atomic mass is 9.78. The minimum Gasteiger partial charge on any atom is -0.468 e. The number of carbonyl (C=O) groups excluding carboxylic acids is 2. The second kappa shape index (κ2) is 3.70. The first kappa shape index (κ1) is 9.23. The molecule has 0 aromatic heterocycles. The van der Waals surface area contributed by atoms with Crippen molar-refractivity contribution in [2.24, 2.45) is 11.8 Å². The molecule has 3 heteroatoms. The van der Waals surface area contributed by atoms with E-state index >= 15 is 0 Å². The number of hydrogen-bond acceptors (Lipinski definition) is 3. The van der Waals surface area contributed by atoms with Crippen LogP contribution in [0.15, 0.2) is 0 Å². The van der Waals surface area contributed by atoms with E-state index in [2.05, 4.69) is 4.74 Å². The van der Waals surface area contributed by atoms with Crippen molar-refractivity contribution >= 4 is 11.8 Å². The van der Waals surface area contributed by atoms with Gasteiger partial charge in [-0.1, -0.05) is 6.42 Å². The highest BCUT2D eigenvalue weighted by molar-refractivity contribution is 5.99. The van der Waals surface area contributed by atoms with Gasteiger partial charge in [0.05, 0.1) is 7.11 Å². The van der Waals surface area contributed by atoms with Crippen molar-refractivity contribution in [1.82, 2.24) is 0 Å². The first-order valence-electron chi connectivity index (χ1n) is 4.28. The first-order valence-corrected chi connectivity index (χ1v) is 4.28. The maximum Gasteiger partial charge on any atom is 0.315 e. The quantitative estimate of drug-likeness (QED) is 0.471. The minimum atomic E-state index is -0.569. The van der Waals surface area contributed by atoms with Gasteiger partial charge in [0, 0.05) is 5.92 Å². The van der Waals surface area contributed by atoms with Crippen LogP contribution in [0.1, 0.15) is 26.2 Å². The van der Waals surface area contributed by atoms with E-state index in [1.54, 1.807) is 6.92 Å². The van der Waals surface area contributed by atoms with Gasteiger partial charge in [0.25, 0.3) is 0 Å². The topological polar surface area (TPSA) is 43.4 Å². The van der Waals surface area contributed by atoms with Crippen LogP contribution in [-0.4, -0.2) is 18.9 Å². The van der Waals surface area contributed by atoms with E-state index in [4.69, 9.17) is 0 Å². The number of ether oxygens (including phenoxy) is 1. The van der Waals surface area contributed by atoms with E-state index in [9.17, 15) is 9.59 Å². The molecule has 0 N–H and O–H groups in total. The smallest absolute Gasteiger partial charge is 0.315 e. The van der Waals surface area contributed by atoms with Gasteiger partial charge in [-0.3, -0.25) is 9.59 Å². The second-order valence-corrected chi connectivity index (χ2v) is 3.28. The fourth-order valence-corrected chi connectivity index (χ4v) is 1.34. The monoisotopic (exact) mass is 170 g/mol. The van der Waals surface area contributed by atoms with E-state index in [0.717, 1.165) is 19.3 Å². The molecule has 0 amide bonds. The molecule has 0 spiro atoms. The van der Waals surface area contributed by atoms with Gasteiger partial charge in [0.1, 0.15) is 11.7 Å². The summed E-state index contributed by atoms with van der Waals surface area (Å²) in [7, 11) is 1.31. The van der Waals surface area contributed by atoms with E-state index in [0.29, 0.717) is 0 Å². The third-order valence-corrected chi connectivity index (χ3v) is 2.49. The molecule has 1 rings (SSSR count). The highest BCUT2D eigenvalue weighted by atomic mass is 16.5. The molecule has 1 saturated carbocycles. The molecular weight excluding hydrogens is 156 g/mol. The van der Waals surface area contributed by atoms with Crippen LogP contribution in [0.2, 0.25) is 0 Å². The Labute approximate surface area is 72.1 Å². The summed E-state index contributed by atoms with van der Waals surface area (Å²) in [6.45, 7) is 1.62. The molecule has 1 aliphatic carbocycles. The van der Waals surface area contributed by atoms with Gasteiger partial charge in [-0.05, 0) is 19.8 Å². The van der Waals surface area contributed by atoms with Crippen LogP contribution in [0.4, 0.5) is 0 Å². The summed E-state index contributed by atoms with van der Waals surface area (Å²) in [6.07, 6.45) is 3.00. The summed E-state index contributed by atoms with van der Waals surface area (Å²) >= 11 is 0. The Morgan fingerprint density at radius 1 is 1.42 bits per heavy atom. The van der Waals surface area contributed by atoms with Gasteiger partial charge in [-0.25, -0.2) is 0 Å². The molecule has 0 bridgehead atoms. The van der Waals surface area contributed by atoms with Crippen molar-refractivity contribution in [2.45, 2.75) is 26.2 Å².